The molecule has 2 aromatic heterocycles. The van der Waals surface area contributed by atoms with Crippen molar-refractivity contribution in [3.8, 4) is 0 Å². The molecule has 0 atom stereocenters. The third-order valence-electron chi connectivity index (χ3n) is 4.24. The van der Waals surface area contributed by atoms with Crippen molar-refractivity contribution in [3.63, 3.8) is 0 Å². The van der Waals surface area contributed by atoms with E-state index in [4.69, 9.17) is 0 Å². The van der Waals surface area contributed by atoms with E-state index in [0.29, 0.717) is 11.7 Å². The molecule has 1 aliphatic carbocycles. The van der Waals surface area contributed by atoms with Crippen molar-refractivity contribution in [2.24, 2.45) is 0 Å². The highest BCUT2D eigenvalue weighted by molar-refractivity contribution is 5.97. The summed E-state index contributed by atoms with van der Waals surface area (Å²) in [6, 6.07) is 6.10. The lowest BCUT2D eigenvalue weighted by atomic mass is 9.94. The summed E-state index contributed by atoms with van der Waals surface area (Å²) in [6.45, 7) is 2.83. The van der Waals surface area contributed by atoms with Crippen LogP contribution in [0.5, 0.6) is 0 Å². The summed E-state index contributed by atoms with van der Waals surface area (Å²) in [5.41, 5.74) is 2.44. The summed E-state index contributed by atoms with van der Waals surface area (Å²) in [7, 11) is 0. The van der Waals surface area contributed by atoms with Gasteiger partial charge in [-0.05, 0) is 38.0 Å². The van der Waals surface area contributed by atoms with Crippen molar-refractivity contribution < 1.29 is 4.79 Å². The Labute approximate surface area is 119 Å². The van der Waals surface area contributed by atoms with Gasteiger partial charge in [0.15, 0.2) is 0 Å². The second-order valence-electron chi connectivity index (χ2n) is 5.50. The third kappa shape index (κ3) is 2.42. The van der Waals surface area contributed by atoms with Crippen molar-refractivity contribution in [1.82, 2.24) is 14.9 Å². The van der Waals surface area contributed by atoms with E-state index in [9.17, 15) is 4.79 Å². The molecule has 0 saturated heterocycles. The Morgan fingerprint density at radius 1 is 1.40 bits per heavy atom. The molecule has 0 aromatic carbocycles. The fourth-order valence-electron chi connectivity index (χ4n) is 3.19. The Kier molecular flexibility index (Phi) is 3.72. The molecule has 2 aromatic rings. The van der Waals surface area contributed by atoms with Crippen LogP contribution in [0.15, 0.2) is 24.4 Å². The molecule has 4 heteroatoms. The highest BCUT2D eigenvalue weighted by atomic mass is 16.2. The van der Waals surface area contributed by atoms with Gasteiger partial charge in [-0.2, -0.15) is 0 Å². The van der Waals surface area contributed by atoms with Crippen molar-refractivity contribution >= 4 is 16.9 Å². The first-order chi connectivity index (χ1) is 9.79. The SMILES string of the molecule is CCN(C(=O)c1cc2ncccc2[nH]1)C1CCCCC1. The van der Waals surface area contributed by atoms with Gasteiger partial charge in [0, 0.05) is 18.8 Å². The number of nitrogens with one attached hydrogen (secondary N) is 1. The van der Waals surface area contributed by atoms with E-state index in [1.165, 1.54) is 19.3 Å². The number of aromatic nitrogens is 2. The second kappa shape index (κ2) is 5.65. The molecular formula is C16H21N3O. The van der Waals surface area contributed by atoms with Crippen LogP contribution in [0.4, 0.5) is 0 Å². The molecule has 106 valence electrons. The van der Waals surface area contributed by atoms with Crippen LogP contribution >= 0.6 is 0 Å². The van der Waals surface area contributed by atoms with E-state index >= 15 is 0 Å². The molecule has 1 aliphatic rings. The molecule has 3 rings (SSSR count). The number of nitrogens with zero attached hydrogens (tertiary/aromatic N) is 2. The smallest absolute Gasteiger partial charge is 0.270 e. The lowest BCUT2D eigenvalue weighted by molar-refractivity contribution is 0.0643. The fraction of sp³-hybridized carbons (Fsp3) is 0.500. The van der Waals surface area contributed by atoms with Crippen molar-refractivity contribution in [1.29, 1.82) is 0 Å². The first-order valence-corrected chi connectivity index (χ1v) is 7.54. The highest BCUT2D eigenvalue weighted by Crippen LogP contribution is 2.24. The molecule has 1 saturated carbocycles. The van der Waals surface area contributed by atoms with Gasteiger partial charge in [-0.25, -0.2) is 0 Å². The first-order valence-electron chi connectivity index (χ1n) is 7.54. The van der Waals surface area contributed by atoms with Crippen LogP contribution in [-0.4, -0.2) is 33.4 Å². The Bertz CT molecular complexity index is 566. The van der Waals surface area contributed by atoms with Gasteiger partial charge in [-0.3, -0.25) is 9.78 Å². The van der Waals surface area contributed by atoms with Gasteiger partial charge in [-0.15, -0.1) is 0 Å². The van der Waals surface area contributed by atoms with E-state index in [2.05, 4.69) is 16.9 Å². The quantitative estimate of drug-likeness (QED) is 0.930. The lowest BCUT2D eigenvalue weighted by Gasteiger charge is -2.33. The average Bonchev–Trinajstić information content (AvgIpc) is 2.93. The van der Waals surface area contributed by atoms with Crippen LogP contribution in [-0.2, 0) is 0 Å². The Morgan fingerprint density at radius 2 is 2.20 bits per heavy atom. The van der Waals surface area contributed by atoms with E-state index in [0.717, 1.165) is 30.4 Å². The number of H-pyrrole nitrogens is 1. The van der Waals surface area contributed by atoms with Crippen molar-refractivity contribution in [2.75, 3.05) is 6.54 Å². The Balaban J connectivity index is 1.85. The van der Waals surface area contributed by atoms with Gasteiger partial charge in [0.2, 0.25) is 0 Å². The normalized spacial score (nSPS) is 16.4. The van der Waals surface area contributed by atoms with Crippen LogP contribution in [0.1, 0.15) is 49.5 Å². The van der Waals surface area contributed by atoms with Crippen LogP contribution in [0.2, 0.25) is 0 Å². The zero-order chi connectivity index (χ0) is 13.9. The number of rotatable bonds is 3. The molecule has 0 spiro atoms. The maximum Gasteiger partial charge on any atom is 0.270 e. The zero-order valence-corrected chi connectivity index (χ0v) is 11.9. The standard InChI is InChI=1S/C16H21N3O/c1-2-19(12-7-4-3-5-8-12)16(20)15-11-14-13(18-15)9-6-10-17-14/h6,9-12,18H,2-5,7-8H2,1H3. The number of fused-ring (bicyclic) bond motifs is 1. The van der Waals surface area contributed by atoms with Crippen molar-refractivity contribution in [2.45, 2.75) is 45.1 Å². The number of carbonyl (C=O) groups is 1. The highest BCUT2D eigenvalue weighted by Gasteiger charge is 2.25. The summed E-state index contributed by atoms with van der Waals surface area (Å²) >= 11 is 0. The van der Waals surface area contributed by atoms with E-state index in [-0.39, 0.29) is 5.91 Å². The minimum Gasteiger partial charge on any atom is -0.349 e. The molecule has 4 nitrogen and oxygen atoms in total. The molecule has 0 unspecified atom stereocenters. The van der Waals surface area contributed by atoms with Crippen molar-refractivity contribution in [3.05, 3.63) is 30.1 Å². The van der Waals surface area contributed by atoms with Crippen LogP contribution in [0, 0.1) is 0 Å². The summed E-state index contributed by atoms with van der Waals surface area (Å²) in [4.78, 5) is 22.2. The van der Waals surface area contributed by atoms with Gasteiger partial charge in [-0.1, -0.05) is 19.3 Å². The number of aromatic amines is 1. The fourth-order valence-corrected chi connectivity index (χ4v) is 3.19. The topological polar surface area (TPSA) is 49.0 Å². The number of carbonyl (C=O) groups excluding carboxylic acids is 1. The lowest BCUT2D eigenvalue weighted by Crippen LogP contribution is -2.41. The van der Waals surface area contributed by atoms with E-state index in [1.807, 2.05) is 23.1 Å². The molecule has 1 amide bonds. The van der Waals surface area contributed by atoms with Crippen LogP contribution in [0.25, 0.3) is 11.0 Å². The van der Waals surface area contributed by atoms with Gasteiger partial charge < -0.3 is 9.88 Å². The number of hydrogen-bond acceptors (Lipinski definition) is 2. The van der Waals surface area contributed by atoms with E-state index in [1.54, 1.807) is 6.20 Å². The zero-order valence-electron chi connectivity index (χ0n) is 11.9. The minimum atomic E-state index is 0.109. The van der Waals surface area contributed by atoms with Crippen LogP contribution < -0.4 is 0 Å². The second-order valence-corrected chi connectivity index (χ2v) is 5.50. The number of amides is 1. The van der Waals surface area contributed by atoms with Gasteiger partial charge >= 0.3 is 0 Å². The predicted octanol–water partition coefficient (Wildman–Crippen LogP) is 3.36. The molecular weight excluding hydrogens is 250 g/mol. The van der Waals surface area contributed by atoms with E-state index < -0.39 is 0 Å². The summed E-state index contributed by atoms with van der Waals surface area (Å²) in [6.07, 6.45) is 7.81. The molecule has 0 bridgehead atoms. The third-order valence-corrected chi connectivity index (χ3v) is 4.24. The summed E-state index contributed by atoms with van der Waals surface area (Å²) < 4.78 is 0. The number of pyridine rings is 1. The molecule has 0 aliphatic heterocycles. The molecule has 0 radical (unpaired) electrons. The Hall–Kier alpha value is -1.84. The van der Waals surface area contributed by atoms with Gasteiger partial charge in [0.1, 0.15) is 5.69 Å². The molecule has 2 heterocycles. The number of hydrogen-bond donors (Lipinski definition) is 1. The monoisotopic (exact) mass is 271 g/mol. The Morgan fingerprint density at radius 3 is 2.90 bits per heavy atom. The van der Waals surface area contributed by atoms with Crippen LogP contribution in [0.3, 0.4) is 0 Å². The molecule has 1 N–H and O–H groups in total. The average molecular weight is 271 g/mol. The molecule has 20 heavy (non-hydrogen) atoms. The maximum atomic E-state index is 12.7. The minimum absolute atomic E-state index is 0.109. The predicted molar refractivity (Wildman–Crippen MR) is 79.7 cm³/mol. The first kappa shape index (κ1) is 13.2. The summed E-state index contributed by atoms with van der Waals surface area (Å²) in [5.74, 6) is 0.109. The van der Waals surface area contributed by atoms with Gasteiger partial charge in [0.05, 0.1) is 11.0 Å². The largest absolute Gasteiger partial charge is 0.349 e. The maximum absolute atomic E-state index is 12.7. The summed E-state index contributed by atoms with van der Waals surface area (Å²) in [5, 5.41) is 0. The van der Waals surface area contributed by atoms with Gasteiger partial charge in [0.25, 0.3) is 5.91 Å². The molecule has 1 fully saturated rings.